The summed E-state index contributed by atoms with van der Waals surface area (Å²) < 4.78 is 10.6. The minimum Gasteiger partial charge on any atom is -0.508 e. The molecule has 6 rings (SSSR count). The average molecular weight is 734 g/mol. The van der Waals surface area contributed by atoms with Crippen molar-refractivity contribution in [2.45, 2.75) is 29.0 Å². The van der Waals surface area contributed by atoms with Crippen molar-refractivity contribution in [3.8, 4) is 23.0 Å². The molecule has 13 heteroatoms. The number of allylic oxidation sites excluding steroid dienone is 3. The van der Waals surface area contributed by atoms with Gasteiger partial charge in [-0.05, 0) is 60.6 Å². The number of rotatable bonds is 8. The fourth-order valence-corrected chi connectivity index (χ4v) is 8.79. The van der Waals surface area contributed by atoms with Gasteiger partial charge < -0.3 is 19.7 Å². The van der Waals surface area contributed by atoms with E-state index in [0.29, 0.717) is 17.6 Å². The summed E-state index contributed by atoms with van der Waals surface area (Å²) in [6.07, 6.45) is 5.78. The van der Waals surface area contributed by atoms with Crippen molar-refractivity contribution in [1.82, 2.24) is 9.80 Å². The molecule has 6 atom stereocenters. The Hall–Kier alpha value is -3.54. The number of hydrogen-bond acceptors (Lipinski definition) is 8. The Morgan fingerprint density at radius 1 is 0.957 bits per heavy atom. The standard InChI is InChI=1S/C33H31BrCl2N2O8/c1-45-24-13-18(14-25(46-2)27(24)40)5-10-23-20-8-9-21-26(22(20)15-32(35)30(43)38(16-34)31(44)33(23,32)36)29(42)37(28(21)41)12-11-17-3-6-19(39)7-4-17/h3-8,10,13-14,21-23,26,39-40H,9,11-12,15-16H2,1-2H3/t21-,22+,23-,26-,32+,33-/m0/s1. The highest BCUT2D eigenvalue weighted by molar-refractivity contribution is 9.09. The second-order valence-electron chi connectivity index (χ2n) is 11.9. The predicted octanol–water partition coefficient (Wildman–Crippen LogP) is 4.61. The minimum atomic E-state index is -1.92. The third-order valence-electron chi connectivity index (χ3n) is 9.71. The number of phenols is 2. The summed E-state index contributed by atoms with van der Waals surface area (Å²) in [6, 6.07) is 9.72. The highest BCUT2D eigenvalue weighted by Crippen LogP contribution is 2.63. The summed E-state index contributed by atoms with van der Waals surface area (Å²) in [4.78, 5) is 53.7. The Morgan fingerprint density at radius 2 is 1.61 bits per heavy atom. The minimum absolute atomic E-state index is 0.102. The molecule has 0 unspecified atom stereocenters. The van der Waals surface area contributed by atoms with E-state index in [1.807, 2.05) is 6.08 Å². The Balaban J connectivity index is 1.39. The molecule has 2 aromatic carbocycles. The normalized spacial score (nSPS) is 30.4. The van der Waals surface area contributed by atoms with Gasteiger partial charge in [0.05, 0.1) is 31.5 Å². The molecule has 0 radical (unpaired) electrons. The number of aromatic hydroxyl groups is 2. The number of carbonyl (C=O) groups is 4. The van der Waals surface area contributed by atoms with E-state index < -0.39 is 45.2 Å². The number of nitrogens with zero attached hydrogens (tertiary/aromatic N) is 2. The third-order valence-corrected chi connectivity index (χ3v) is 11.6. The van der Waals surface area contributed by atoms with E-state index in [2.05, 4.69) is 15.9 Å². The van der Waals surface area contributed by atoms with Crippen LogP contribution < -0.4 is 9.47 Å². The van der Waals surface area contributed by atoms with E-state index in [1.54, 1.807) is 48.6 Å². The summed E-state index contributed by atoms with van der Waals surface area (Å²) in [7, 11) is 2.80. The van der Waals surface area contributed by atoms with Crippen LogP contribution in [0.4, 0.5) is 0 Å². The highest BCUT2D eigenvalue weighted by atomic mass is 79.9. The van der Waals surface area contributed by atoms with Crippen molar-refractivity contribution in [2.75, 3.05) is 26.2 Å². The van der Waals surface area contributed by atoms with Crippen molar-refractivity contribution in [1.29, 1.82) is 0 Å². The molecule has 0 aromatic heterocycles. The molecule has 3 fully saturated rings. The second-order valence-corrected chi connectivity index (χ2v) is 13.7. The molecular formula is C33H31BrCl2N2O8. The van der Waals surface area contributed by atoms with Crippen LogP contribution in [0.1, 0.15) is 24.0 Å². The SMILES string of the molecule is COc1cc(C=C[C@H]2C3=CC[C@@H]4C(=O)N(CCc5ccc(O)cc5)C(=O)[C@@H]4[C@@H]3C[C@@]3(Cl)C(=O)N(CBr)C(=O)[C@@]23Cl)cc(OC)c1O. The number of alkyl halides is 3. The second kappa shape index (κ2) is 11.9. The van der Waals surface area contributed by atoms with Gasteiger partial charge in [0, 0.05) is 12.5 Å². The first-order valence-electron chi connectivity index (χ1n) is 14.7. The largest absolute Gasteiger partial charge is 0.508 e. The number of imide groups is 2. The maximum atomic E-state index is 14.0. The Morgan fingerprint density at radius 3 is 2.22 bits per heavy atom. The van der Waals surface area contributed by atoms with E-state index in [-0.39, 0.29) is 59.7 Å². The summed E-state index contributed by atoms with van der Waals surface area (Å²) in [5.74, 6) is -4.69. The summed E-state index contributed by atoms with van der Waals surface area (Å²) in [5, 5.41) is 20.0. The van der Waals surface area contributed by atoms with Gasteiger partial charge in [0.15, 0.2) is 21.2 Å². The molecule has 10 nitrogen and oxygen atoms in total. The zero-order chi connectivity index (χ0) is 33.1. The molecule has 2 saturated heterocycles. The lowest BCUT2D eigenvalue weighted by Gasteiger charge is -2.49. The summed E-state index contributed by atoms with van der Waals surface area (Å²) >= 11 is 17.7. The fraction of sp³-hybridized carbons (Fsp3) is 0.394. The third kappa shape index (κ3) is 4.73. The molecule has 2 N–H and O–H groups in total. The molecule has 1 saturated carbocycles. The van der Waals surface area contributed by atoms with Gasteiger partial charge in [-0.2, -0.15) is 0 Å². The molecule has 2 heterocycles. The number of fused-ring (bicyclic) bond motifs is 4. The molecule has 2 aromatic rings. The van der Waals surface area contributed by atoms with Crippen LogP contribution >= 0.6 is 39.1 Å². The van der Waals surface area contributed by atoms with Crippen LogP contribution in [-0.4, -0.2) is 79.6 Å². The van der Waals surface area contributed by atoms with E-state index in [1.165, 1.54) is 19.1 Å². The van der Waals surface area contributed by atoms with Crippen molar-refractivity contribution in [2.24, 2.45) is 23.7 Å². The fourth-order valence-electron chi connectivity index (χ4n) is 7.41. The molecule has 4 aliphatic rings. The quantitative estimate of drug-likeness (QED) is 0.174. The number of ether oxygens (including phenoxy) is 2. The van der Waals surface area contributed by atoms with Gasteiger partial charge in [-0.1, -0.05) is 51.9 Å². The first-order valence-corrected chi connectivity index (χ1v) is 16.5. The topological polar surface area (TPSA) is 134 Å². The number of methoxy groups -OCH3 is 2. The lowest BCUT2D eigenvalue weighted by Crippen LogP contribution is -2.60. The lowest BCUT2D eigenvalue weighted by atomic mass is 9.57. The summed E-state index contributed by atoms with van der Waals surface area (Å²) in [6.45, 7) is 0.158. The van der Waals surface area contributed by atoms with Gasteiger partial charge in [-0.3, -0.25) is 29.0 Å². The van der Waals surface area contributed by atoms with Crippen LogP contribution in [0.15, 0.2) is 54.1 Å². The van der Waals surface area contributed by atoms with Gasteiger partial charge in [-0.15, -0.1) is 23.2 Å². The lowest BCUT2D eigenvalue weighted by molar-refractivity contribution is -0.141. The molecular weight excluding hydrogens is 703 g/mol. The molecule has 0 bridgehead atoms. The Kier molecular flexibility index (Phi) is 8.40. The van der Waals surface area contributed by atoms with Crippen molar-refractivity contribution in [3.63, 3.8) is 0 Å². The number of amides is 4. The average Bonchev–Trinajstić information content (AvgIpc) is 3.37. The Labute approximate surface area is 283 Å². The first kappa shape index (κ1) is 32.4. The molecule has 2 aliphatic carbocycles. The van der Waals surface area contributed by atoms with Crippen LogP contribution in [0.5, 0.6) is 23.0 Å². The van der Waals surface area contributed by atoms with E-state index in [4.69, 9.17) is 32.7 Å². The van der Waals surface area contributed by atoms with E-state index in [0.717, 1.165) is 10.5 Å². The van der Waals surface area contributed by atoms with Crippen LogP contribution in [-0.2, 0) is 25.6 Å². The highest BCUT2D eigenvalue weighted by Gasteiger charge is 2.75. The number of hydrogen-bond donors (Lipinski definition) is 2. The number of benzene rings is 2. The summed E-state index contributed by atoms with van der Waals surface area (Å²) in [5.41, 5.74) is 1.95. The van der Waals surface area contributed by atoms with Crippen molar-refractivity contribution >= 4 is 68.8 Å². The first-order chi connectivity index (χ1) is 21.9. The van der Waals surface area contributed by atoms with Gasteiger partial charge in [0.1, 0.15) is 5.75 Å². The van der Waals surface area contributed by atoms with E-state index >= 15 is 0 Å². The maximum absolute atomic E-state index is 14.0. The molecule has 2 aliphatic heterocycles. The van der Waals surface area contributed by atoms with Crippen LogP contribution in [0, 0.1) is 23.7 Å². The predicted molar refractivity (Wildman–Crippen MR) is 173 cm³/mol. The zero-order valence-electron chi connectivity index (χ0n) is 24.9. The number of likely N-dealkylation sites (tertiary alicyclic amines) is 2. The van der Waals surface area contributed by atoms with Crippen LogP contribution in [0.2, 0.25) is 0 Å². The van der Waals surface area contributed by atoms with Gasteiger partial charge in [-0.25, -0.2) is 0 Å². The van der Waals surface area contributed by atoms with Gasteiger partial charge in [0.2, 0.25) is 17.6 Å². The van der Waals surface area contributed by atoms with Crippen molar-refractivity contribution < 1.29 is 38.9 Å². The van der Waals surface area contributed by atoms with Gasteiger partial charge in [0.25, 0.3) is 11.8 Å². The molecule has 242 valence electrons. The van der Waals surface area contributed by atoms with Crippen molar-refractivity contribution in [3.05, 3.63) is 65.3 Å². The van der Waals surface area contributed by atoms with Crippen LogP contribution in [0.25, 0.3) is 6.08 Å². The number of phenolic OH excluding ortho intramolecular Hbond substituents is 2. The number of halogens is 3. The van der Waals surface area contributed by atoms with Crippen LogP contribution in [0.3, 0.4) is 0 Å². The molecule has 4 amide bonds. The Bertz CT molecular complexity index is 1670. The van der Waals surface area contributed by atoms with E-state index in [9.17, 15) is 29.4 Å². The zero-order valence-corrected chi connectivity index (χ0v) is 28.0. The number of carbonyl (C=O) groups excluding carboxylic acids is 4. The maximum Gasteiger partial charge on any atom is 0.254 e. The smallest absolute Gasteiger partial charge is 0.254 e. The van der Waals surface area contributed by atoms with Gasteiger partial charge >= 0.3 is 0 Å². The monoisotopic (exact) mass is 732 g/mol. The molecule has 0 spiro atoms. The molecule has 46 heavy (non-hydrogen) atoms.